The Morgan fingerprint density at radius 1 is 1.64 bits per heavy atom. The molecule has 0 saturated carbocycles. The Morgan fingerprint density at radius 2 is 2.43 bits per heavy atom. The van der Waals surface area contributed by atoms with Crippen molar-refractivity contribution in [3.05, 3.63) is 17.5 Å². The molecule has 0 spiro atoms. The SMILES string of the molecule is CSc1ncc2c(n1)CN(C(=O)O)C2. The van der Waals surface area contributed by atoms with Crippen molar-refractivity contribution < 1.29 is 9.90 Å². The van der Waals surface area contributed by atoms with Crippen molar-refractivity contribution in [2.24, 2.45) is 0 Å². The van der Waals surface area contributed by atoms with Crippen LogP contribution in [0.15, 0.2) is 11.4 Å². The summed E-state index contributed by atoms with van der Waals surface area (Å²) in [6, 6.07) is 0. The Labute approximate surface area is 85.2 Å². The molecule has 0 saturated heterocycles. The molecule has 1 aromatic rings. The zero-order chi connectivity index (χ0) is 10.1. The highest BCUT2D eigenvalue weighted by molar-refractivity contribution is 7.98. The fraction of sp³-hybridized carbons (Fsp3) is 0.375. The highest BCUT2D eigenvalue weighted by Gasteiger charge is 2.24. The van der Waals surface area contributed by atoms with Gasteiger partial charge in [0, 0.05) is 11.8 Å². The maximum atomic E-state index is 10.7. The lowest BCUT2D eigenvalue weighted by Gasteiger charge is -2.07. The number of nitrogens with zero attached hydrogens (tertiary/aromatic N) is 3. The molecule has 5 nitrogen and oxygen atoms in total. The van der Waals surface area contributed by atoms with Gasteiger partial charge in [-0.3, -0.25) is 4.90 Å². The largest absolute Gasteiger partial charge is 0.465 e. The van der Waals surface area contributed by atoms with Crippen LogP contribution in [0.2, 0.25) is 0 Å². The van der Waals surface area contributed by atoms with E-state index >= 15 is 0 Å². The molecule has 74 valence electrons. The van der Waals surface area contributed by atoms with Gasteiger partial charge < -0.3 is 5.11 Å². The number of carboxylic acid groups (broad SMARTS) is 1. The number of hydrogen-bond donors (Lipinski definition) is 1. The number of hydrogen-bond acceptors (Lipinski definition) is 4. The van der Waals surface area contributed by atoms with Crippen LogP contribution in [0.4, 0.5) is 4.79 Å². The summed E-state index contributed by atoms with van der Waals surface area (Å²) in [5, 5.41) is 9.48. The molecule has 0 aliphatic carbocycles. The van der Waals surface area contributed by atoms with E-state index in [1.807, 2.05) is 6.26 Å². The molecule has 2 heterocycles. The predicted octanol–water partition coefficient (Wildman–Crippen LogP) is 1.19. The summed E-state index contributed by atoms with van der Waals surface area (Å²) in [7, 11) is 0. The lowest BCUT2D eigenvalue weighted by molar-refractivity contribution is 0.145. The lowest BCUT2D eigenvalue weighted by atomic mass is 10.3. The second kappa shape index (κ2) is 3.45. The summed E-state index contributed by atoms with van der Waals surface area (Å²) in [5.74, 6) is 0. The average molecular weight is 211 g/mol. The second-order valence-electron chi connectivity index (χ2n) is 2.97. The molecule has 0 atom stereocenters. The van der Waals surface area contributed by atoms with E-state index in [2.05, 4.69) is 9.97 Å². The molecule has 0 unspecified atom stereocenters. The molecule has 0 radical (unpaired) electrons. The van der Waals surface area contributed by atoms with Gasteiger partial charge in [0.25, 0.3) is 0 Å². The fourth-order valence-corrected chi connectivity index (χ4v) is 1.73. The summed E-state index contributed by atoms with van der Waals surface area (Å²) < 4.78 is 0. The molecule has 0 fully saturated rings. The predicted molar refractivity (Wildman–Crippen MR) is 51.1 cm³/mol. The van der Waals surface area contributed by atoms with Crippen LogP contribution in [0.3, 0.4) is 0 Å². The van der Waals surface area contributed by atoms with E-state index in [1.165, 1.54) is 16.7 Å². The lowest BCUT2D eigenvalue weighted by Crippen LogP contribution is -2.22. The Kier molecular flexibility index (Phi) is 2.28. The normalized spacial score (nSPS) is 14.2. The fourth-order valence-electron chi connectivity index (χ4n) is 1.37. The first-order chi connectivity index (χ1) is 6.70. The summed E-state index contributed by atoms with van der Waals surface area (Å²) in [5.41, 5.74) is 1.73. The number of carbonyl (C=O) groups is 1. The third-order valence-corrected chi connectivity index (χ3v) is 2.65. The minimum Gasteiger partial charge on any atom is -0.465 e. The average Bonchev–Trinajstić information content (AvgIpc) is 2.59. The van der Waals surface area contributed by atoms with E-state index < -0.39 is 6.09 Å². The van der Waals surface area contributed by atoms with Gasteiger partial charge in [-0.2, -0.15) is 0 Å². The van der Waals surface area contributed by atoms with Gasteiger partial charge in [-0.15, -0.1) is 0 Å². The zero-order valence-electron chi connectivity index (χ0n) is 7.60. The van der Waals surface area contributed by atoms with Crippen molar-refractivity contribution in [1.29, 1.82) is 0 Å². The Morgan fingerprint density at radius 3 is 3.07 bits per heavy atom. The standard InChI is InChI=1S/C8H9N3O2S/c1-14-7-9-2-5-3-11(8(12)13)4-6(5)10-7/h2H,3-4H2,1H3,(H,12,13). The number of aromatic nitrogens is 2. The van der Waals surface area contributed by atoms with E-state index in [-0.39, 0.29) is 0 Å². The van der Waals surface area contributed by atoms with Crippen LogP contribution in [-0.4, -0.2) is 32.3 Å². The van der Waals surface area contributed by atoms with Crippen LogP contribution in [0.25, 0.3) is 0 Å². The van der Waals surface area contributed by atoms with Crippen molar-refractivity contribution >= 4 is 17.9 Å². The molecule has 0 aromatic carbocycles. The van der Waals surface area contributed by atoms with Crippen LogP contribution in [0.1, 0.15) is 11.3 Å². The van der Waals surface area contributed by atoms with E-state index in [1.54, 1.807) is 6.20 Å². The monoisotopic (exact) mass is 211 g/mol. The summed E-state index contributed by atoms with van der Waals surface area (Å²) in [6.07, 6.45) is 2.69. The molecule has 14 heavy (non-hydrogen) atoms. The Hall–Kier alpha value is -1.30. The minimum absolute atomic E-state index is 0.376. The first kappa shape index (κ1) is 9.26. The maximum Gasteiger partial charge on any atom is 0.407 e. The molecular formula is C8H9N3O2S. The summed E-state index contributed by atoms with van der Waals surface area (Å²) >= 11 is 1.46. The van der Waals surface area contributed by atoms with Crippen molar-refractivity contribution in [3.63, 3.8) is 0 Å². The molecule has 2 rings (SSSR count). The first-order valence-electron chi connectivity index (χ1n) is 4.07. The number of rotatable bonds is 1. The summed E-state index contributed by atoms with van der Waals surface area (Å²) in [6.45, 7) is 0.778. The van der Waals surface area contributed by atoms with Gasteiger partial charge in [0.15, 0.2) is 5.16 Å². The van der Waals surface area contributed by atoms with Crippen molar-refractivity contribution in [2.75, 3.05) is 6.26 Å². The van der Waals surface area contributed by atoms with E-state index in [9.17, 15) is 4.79 Å². The van der Waals surface area contributed by atoms with Crippen LogP contribution in [-0.2, 0) is 13.1 Å². The molecule has 1 aromatic heterocycles. The van der Waals surface area contributed by atoms with Gasteiger partial charge in [0.05, 0.1) is 18.8 Å². The van der Waals surface area contributed by atoms with Gasteiger partial charge >= 0.3 is 6.09 Å². The molecular weight excluding hydrogens is 202 g/mol. The molecule has 1 N–H and O–H groups in total. The highest BCUT2D eigenvalue weighted by Crippen LogP contribution is 2.21. The minimum atomic E-state index is -0.909. The quantitative estimate of drug-likeness (QED) is 0.558. The van der Waals surface area contributed by atoms with Crippen LogP contribution < -0.4 is 0 Å². The molecule has 0 bridgehead atoms. The molecule has 1 amide bonds. The third kappa shape index (κ3) is 1.52. The van der Waals surface area contributed by atoms with Crippen LogP contribution >= 0.6 is 11.8 Å². The van der Waals surface area contributed by atoms with E-state index in [4.69, 9.17) is 5.11 Å². The van der Waals surface area contributed by atoms with Crippen molar-refractivity contribution in [3.8, 4) is 0 Å². The number of thioether (sulfide) groups is 1. The van der Waals surface area contributed by atoms with E-state index in [0.29, 0.717) is 18.2 Å². The first-order valence-corrected chi connectivity index (χ1v) is 5.30. The van der Waals surface area contributed by atoms with Crippen molar-refractivity contribution in [2.45, 2.75) is 18.2 Å². The van der Waals surface area contributed by atoms with Gasteiger partial charge in [-0.05, 0) is 6.26 Å². The van der Waals surface area contributed by atoms with Crippen molar-refractivity contribution in [1.82, 2.24) is 14.9 Å². The highest BCUT2D eigenvalue weighted by atomic mass is 32.2. The number of fused-ring (bicyclic) bond motifs is 1. The second-order valence-corrected chi connectivity index (χ2v) is 3.74. The maximum absolute atomic E-state index is 10.7. The molecule has 6 heteroatoms. The van der Waals surface area contributed by atoms with Crippen LogP contribution in [0.5, 0.6) is 0 Å². The van der Waals surface area contributed by atoms with Crippen LogP contribution in [0, 0.1) is 0 Å². The van der Waals surface area contributed by atoms with Gasteiger partial charge in [0.2, 0.25) is 0 Å². The zero-order valence-corrected chi connectivity index (χ0v) is 8.41. The number of amides is 1. The van der Waals surface area contributed by atoms with E-state index in [0.717, 1.165) is 11.3 Å². The third-order valence-electron chi connectivity index (χ3n) is 2.09. The topological polar surface area (TPSA) is 66.3 Å². The molecule has 1 aliphatic rings. The van der Waals surface area contributed by atoms with Gasteiger partial charge in [-0.1, -0.05) is 11.8 Å². The van der Waals surface area contributed by atoms with Gasteiger partial charge in [-0.25, -0.2) is 14.8 Å². The Balaban J connectivity index is 2.27. The summed E-state index contributed by atoms with van der Waals surface area (Å²) in [4.78, 5) is 20.4. The smallest absolute Gasteiger partial charge is 0.407 e. The van der Waals surface area contributed by atoms with Gasteiger partial charge in [0.1, 0.15) is 0 Å². The Bertz CT molecular complexity index is 383. The molecule has 1 aliphatic heterocycles.